The highest BCUT2D eigenvalue weighted by Crippen LogP contribution is 2.31. The molecule has 0 aliphatic rings. The number of aromatic nitrogens is 1. The molecule has 0 radical (unpaired) electrons. The topological polar surface area (TPSA) is 39.9 Å². The molecule has 0 aliphatic carbocycles. The highest BCUT2D eigenvalue weighted by molar-refractivity contribution is 7.11. The van der Waals surface area contributed by atoms with E-state index in [1.165, 1.54) is 22.1 Å². The van der Waals surface area contributed by atoms with Gasteiger partial charge in [-0.3, -0.25) is 0 Å². The van der Waals surface area contributed by atoms with Crippen LogP contribution in [-0.4, -0.2) is 19.1 Å². The van der Waals surface area contributed by atoms with Gasteiger partial charge >= 0.3 is 0 Å². The lowest BCUT2D eigenvalue weighted by Gasteiger charge is -2.11. The number of anilines is 1. The summed E-state index contributed by atoms with van der Waals surface area (Å²) in [4.78, 5) is 6.81. The minimum Gasteiger partial charge on any atom is -0.378 e. The quantitative estimate of drug-likeness (QED) is 0.401. The molecule has 0 amide bonds. The third-order valence-corrected chi connectivity index (χ3v) is 5.52. The Hall–Kier alpha value is -3.42. The van der Waals surface area contributed by atoms with E-state index in [1.807, 2.05) is 68.0 Å². The maximum atomic E-state index is 9.68. The Balaban J connectivity index is 1.70. The van der Waals surface area contributed by atoms with Gasteiger partial charge in [-0.15, -0.1) is 11.3 Å². The summed E-state index contributed by atoms with van der Waals surface area (Å²) in [5, 5.41) is 14.8. The number of rotatable bonds is 4. The molecule has 4 rings (SSSR count). The summed E-state index contributed by atoms with van der Waals surface area (Å²) in [6.07, 6.45) is 1.89. The molecular weight excluding hydrogens is 362 g/mol. The van der Waals surface area contributed by atoms with Crippen molar-refractivity contribution in [2.24, 2.45) is 0 Å². The second kappa shape index (κ2) is 7.67. The van der Waals surface area contributed by atoms with Crippen molar-refractivity contribution < 1.29 is 0 Å². The molecule has 0 spiro atoms. The van der Waals surface area contributed by atoms with Crippen molar-refractivity contribution in [3.63, 3.8) is 0 Å². The number of nitriles is 1. The SMILES string of the molecule is CN(C)c1ccc(C=C(C#N)c2nc(-c3cccc4ccccc34)cs2)cc1. The number of hydrogen-bond acceptors (Lipinski definition) is 4. The van der Waals surface area contributed by atoms with E-state index in [4.69, 9.17) is 4.98 Å². The first-order chi connectivity index (χ1) is 13.7. The fourth-order valence-corrected chi connectivity index (χ4v) is 3.93. The largest absolute Gasteiger partial charge is 0.378 e. The molecule has 0 unspecified atom stereocenters. The number of hydrogen-bond donors (Lipinski definition) is 0. The third kappa shape index (κ3) is 3.53. The molecule has 4 aromatic rings. The summed E-state index contributed by atoms with van der Waals surface area (Å²) >= 11 is 1.50. The summed E-state index contributed by atoms with van der Waals surface area (Å²) in [5.74, 6) is 0. The van der Waals surface area contributed by atoms with E-state index < -0.39 is 0 Å². The van der Waals surface area contributed by atoms with Gasteiger partial charge in [0.1, 0.15) is 11.1 Å². The van der Waals surface area contributed by atoms with Gasteiger partial charge in [0.25, 0.3) is 0 Å². The van der Waals surface area contributed by atoms with Crippen LogP contribution in [0.1, 0.15) is 10.6 Å². The van der Waals surface area contributed by atoms with Gasteiger partial charge in [0.2, 0.25) is 0 Å². The van der Waals surface area contributed by atoms with Gasteiger partial charge in [0.15, 0.2) is 0 Å². The van der Waals surface area contributed by atoms with E-state index in [0.717, 1.165) is 27.5 Å². The van der Waals surface area contributed by atoms with Crippen molar-refractivity contribution in [1.29, 1.82) is 5.26 Å². The number of nitrogens with zero attached hydrogens (tertiary/aromatic N) is 3. The number of allylic oxidation sites excluding steroid dienone is 1. The normalized spacial score (nSPS) is 11.4. The van der Waals surface area contributed by atoms with Crippen LogP contribution in [0.5, 0.6) is 0 Å². The molecule has 3 nitrogen and oxygen atoms in total. The molecular formula is C24H19N3S. The van der Waals surface area contributed by atoms with Crippen LogP contribution in [0.25, 0.3) is 33.7 Å². The Kier molecular flexibility index (Phi) is 4.92. The van der Waals surface area contributed by atoms with Crippen LogP contribution in [0.2, 0.25) is 0 Å². The molecule has 0 aliphatic heterocycles. The van der Waals surface area contributed by atoms with Crippen molar-refractivity contribution >= 4 is 39.4 Å². The van der Waals surface area contributed by atoms with Crippen LogP contribution < -0.4 is 4.90 Å². The first-order valence-electron chi connectivity index (χ1n) is 8.99. The molecule has 0 N–H and O–H groups in total. The van der Waals surface area contributed by atoms with E-state index in [-0.39, 0.29) is 0 Å². The summed E-state index contributed by atoms with van der Waals surface area (Å²) in [6.45, 7) is 0. The standard InChI is InChI=1S/C24H19N3S/c1-27(2)20-12-10-17(11-13-20)14-19(15-25)24-26-23(16-28-24)22-9-5-7-18-6-3-4-8-21(18)22/h3-14,16H,1-2H3. The van der Waals surface area contributed by atoms with E-state index in [2.05, 4.69) is 35.2 Å². The summed E-state index contributed by atoms with van der Waals surface area (Å²) in [7, 11) is 4.02. The van der Waals surface area contributed by atoms with Crippen molar-refractivity contribution in [3.8, 4) is 17.3 Å². The van der Waals surface area contributed by atoms with Crippen LogP contribution in [-0.2, 0) is 0 Å². The smallest absolute Gasteiger partial charge is 0.134 e. The van der Waals surface area contributed by atoms with Gasteiger partial charge in [-0.05, 0) is 34.5 Å². The number of benzene rings is 3. The maximum absolute atomic E-state index is 9.68. The molecule has 0 saturated carbocycles. The van der Waals surface area contributed by atoms with E-state index in [0.29, 0.717) is 5.57 Å². The van der Waals surface area contributed by atoms with E-state index in [1.54, 1.807) is 0 Å². The zero-order valence-electron chi connectivity index (χ0n) is 15.8. The Morgan fingerprint density at radius 3 is 2.50 bits per heavy atom. The zero-order chi connectivity index (χ0) is 19.5. The molecule has 3 aromatic carbocycles. The third-order valence-electron chi connectivity index (χ3n) is 4.64. The Morgan fingerprint density at radius 1 is 1.00 bits per heavy atom. The highest BCUT2D eigenvalue weighted by Gasteiger charge is 2.11. The second-order valence-corrected chi connectivity index (χ2v) is 7.58. The van der Waals surface area contributed by atoms with Gasteiger partial charge in [-0.25, -0.2) is 4.98 Å². The lowest BCUT2D eigenvalue weighted by atomic mass is 10.0. The van der Waals surface area contributed by atoms with Crippen molar-refractivity contribution in [2.75, 3.05) is 19.0 Å². The van der Waals surface area contributed by atoms with Crippen LogP contribution in [0, 0.1) is 11.3 Å². The minimum atomic E-state index is 0.578. The van der Waals surface area contributed by atoms with Crippen molar-refractivity contribution in [2.45, 2.75) is 0 Å². The number of thiazole rings is 1. The fourth-order valence-electron chi connectivity index (χ4n) is 3.15. The first-order valence-corrected chi connectivity index (χ1v) is 9.87. The van der Waals surface area contributed by atoms with Crippen LogP contribution in [0.4, 0.5) is 5.69 Å². The molecule has 0 fully saturated rings. The van der Waals surface area contributed by atoms with Gasteiger partial charge in [0, 0.05) is 30.7 Å². The zero-order valence-corrected chi connectivity index (χ0v) is 16.6. The monoisotopic (exact) mass is 381 g/mol. The fraction of sp³-hybridized carbons (Fsp3) is 0.0833. The average Bonchev–Trinajstić information content (AvgIpc) is 3.21. The van der Waals surface area contributed by atoms with E-state index in [9.17, 15) is 5.26 Å². The van der Waals surface area contributed by atoms with Gasteiger partial charge in [-0.2, -0.15) is 5.26 Å². The molecule has 0 saturated heterocycles. The summed E-state index contributed by atoms with van der Waals surface area (Å²) in [5.41, 5.74) is 4.69. The Morgan fingerprint density at radius 2 is 1.75 bits per heavy atom. The van der Waals surface area contributed by atoms with Crippen LogP contribution >= 0.6 is 11.3 Å². The molecule has 28 heavy (non-hydrogen) atoms. The predicted octanol–water partition coefficient (Wildman–Crippen LogP) is 6.09. The van der Waals surface area contributed by atoms with Crippen LogP contribution in [0.15, 0.2) is 72.1 Å². The lowest BCUT2D eigenvalue weighted by Crippen LogP contribution is -2.07. The lowest BCUT2D eigenvalue weighted by molar-refractivity contribution is 1.13. The highest BCUT2D eigenvalue weighted by atomic mass is 32.1. The minimum absolute atomic E-state index is 0.578. The summed E-state index contributed by atoms with van der Waals surface area (Å²) in [6, 6.07) is 24.9. The molecule has 136 valence electrons. The van der Waals surface area contributed by atoms with Crippen LogP contribution in [0.3, 0.4) is 0 Å². The second-order valence-electron chi connectivity index (χ2n) is 6.72. The number of fused-ring (bicyclic) bond motifs is 1. The van der Waals surface area contributed by atoms with Crippen molar-refractivity contribution in [1.82, 2.24) is 4.98 Å². The predicted molar refractivity (Wildman–Crippen MR) is 119 cm³/mol. The van der Waals surface area contributed by atoms with Gasteiger partial charge < -0.3 is 4.90 Å². The average molecular weight is 382 g/mol. The van der Waals surface area contributed by atoms with E-state index >= 15 is 0 Å². The molecule has 4 heteroatoms. The summed E-state index contributed by atoms with van der Waals surface area (Å²) < 4.78 is 0. The van der Waals surface area contributed by atoms with Crippen molar-refractivity contribution in [3.05, 3.63) is 82.7 Å². The first kappa shape index (κ1) is 18.0. The van der Waals surface area contributed by atoms with Gasteiger partial charge in [0.05, 0.1) is 11.3 Å². The Labute approximate surface area is 168 Å². The molecule has 1 heterocycles. The van der Waals surface area contributed by atoms with Gasteiger partial charge in [-0.1, -0.05) is 54.6 Å². The molecule has 0 bridgehead atoms. The molecule has 0 atom stereocenters. The Bertz CT molecular complexity index is 1190. The molecule has 1 aromatic heterocycles. The maximum Gasteiger partial charge on any atom is 0.134 e.